The molecule has 0 saturated heterocycles. The van der Waals surface area contributed by atoms with E-state index < -0.39 is 0 Å². The molecule has 1 heteroatoms. The van der Waals surface area contributed by atoms with Crippen LogP contribution in [0.1, 0.15) is 17.5 Å². The van der Waals surface area contributed by atoms with Crippen LogP contribution < -0.4 is 0 Å². The fourth-order valence-electron chi connectivity index (χ4n) is 1.19. The molecule has 0 aliphatic heterocycles. The lowest BCUT2D eigenvalue weighted by Crippen LogP contribution is -1.93. The van der Waals surface area contributed by atoms with Crippen LogP contribution in [0.2, 0.25) is 0 Å². The lowest BCUT2D eigenvalue weighted by atomic mass is 10.0. The molecule has 1 radical (unpaired) electrons. The van der Waals surface area contributed by atoms with Crippen LogP contribution in [-0.4, -0.2) is 4.98 Å². The SMILES string of the molecule is [c]1nccc2c1CCC=C2. The Bertz CT molecular complexity index is 263. The van der Waals surface area contributed by atoms with Gasteiger partial charge in [0.1, 0.15) is 0 Å². The van der Waals surface area contributed by atoms with Crippen LogP contribution >= 0.6 is 0 Å². The number of aromatic nitrogens is 1. The highest BCUT2D eigenvalue weighted by Crippen LogP contribution is 2.15. The van der Waals surface area contributed by atoms with Crippen molar-refractivity contribution in [1.82, 2.24) is 4.98 Å². The third-order valence-corrected chi connectivity index (χ3v) is 1.74. The van der Waals surface area contributed by atoms with Crippen molar-refractivity contribution in [1.29, 1.82) is 0 Å². The van der Waals surface area contributed by atoms with E-state index in [2.05, 4.69) is 23.3 Å². The summed E-state index contributed by atoms with van der Waals surface area (Å²) in [5.41, 5.74) is 2.53. The van der Waals surface area contributed by atoms with Gasteiger partial charge in [0, 0.05) is 6.20 Å². The monoisotopic (exact) mass is 130 g/mol. The second-order valence-corrected chi connectivity index (χ2v) is 2.43. The summed E-state index contributed by atoms with van der Waals surface area (Å²) in [7, 11) is 0. The summed E-state index contributed by atoms with van der Waals surface area (Å²) in [5.74, 6) is 0. The molecular formula is C9H8N. The highest BCUT2D eigenvalue weighted by molar-refractivity contribution is 5.54. The lowest BCUT2D eigenvalue weighted by Gasteiger charge is -2.06. The maximum absolute atomic E-state index is 3.94. The predicted octanol–water partition coefficient (Wildman–Crippen LogP) is 1.84. The molecule has 2 rings (SSSR count). The van der Waals surface area contributed by atoms with Crippen molar-refractivity contribution in [2.75, 3.05) is 0 Å². The van der Waals surface area contributed by atoms with Crippen molar-refractivity contribution in [2.45, 2.75) is 12.8 Å². The van der Waals surface area contributed by atoms with Crippen molar-refractivity contribution in [2.24, 2.45) is 0 Å². The Morgan fingerprint density at radius 2 is 2.50 bits per heavy atom. The number of aryl methyl sites for hydroxylation is 1. The van der Waals surface area contributed by atoms with Crippen LogP contribution in [0.25, 0.3) is 6.08 Å². The van der Waals surface area contributed by atoms with Crippen molar-refractivity contribution >= 4 is 6.08 Å². The number of hydrogen-bond acceptors (Lipinski definition) is 1. The van der Waals surface area contributed by atoms with E-state index in [1.54, 1.807) is 6.20 Å². The van der Waals surface area contributed by atoms with E-state index in [1.165, 1.54) is 11.1 Å². The van der Waals surface area contributed by atoms with Crippen molar-refractivity contribution in [3.05, 3.63) is 35.7 Å². The summed E-state index contributed by atoms with van der Waals surface area (Å²) in [5, 5.41) is 0. The van der Waals surface area contributed by atoms with E-state index in [-0.39, 0.29) is 0 Å². The van der Waals surface area contributed by atoms with Gasteiger partial charge in [0.25, 0.3) is 0 Å². The zero-order valence-electron chi connectivity index (χ0n) is 5.67. The maximum Gasteiger partial charge on any atom is 0.0927 e. The molecule has 1 aliphatic carbocycles. The summed E-state index contributed by atoms with van der Waals surface area (Å²) in [6.07, 6.45) is 11.3. The topological polar surface area (TPSA) is 12.9 Å². The number of fused-ring (bicyclic) bond motifs is 1. The fraction of sp³-hybridized carbons (Fsp3) is 0.222. The average Bonchev–Trinajstić information content (AvgIpc) is 2.05. The molecule has 0 atom stereocenters. The molecular weight excluding hydrogens is 122 g/mol. The van der Waals surface area contributed by atoms with E-state index >= 15 is 0 Å². The highest BCUT2D eigenvalue weighted by atomic mass is 14.6. The van der Waals surface area contributed by atoms with Crippen LogP contribution in [0, 0.1) is 6.20 Å². The smallest absolute Gasteiger partial charge is 0.0927 e. The summed E-state index contributed by atoms with van der Waals surface area (Å²) in [4.78, 5) is 3.94. The number of nitrogens with zero attached hydrogens (tertiary/aromatic N) is 1. The Kier molecular flexibility index (Phi) is 1.28. The minimum absolute atomic E-state index is 1.10. The standard InChI is InChI=1S/C9H8N/c1-2-4-9-7-10-6-5-8(9)3-1/h1,3,5-6H,2,4H2. The number of hydrogen-bond donors (Lipinski definition) is 0. The first-order valence-electron chi connectivity index (χ1n) is 3.49. The zero-order chi connectivity index (χ0) is 6.81. The van der Waals surface area contributed by atoms with Crippen LogP contribution in [-0.2, 0) is 6.42 Å². The van der Waals surface area contributed by atoms with E-state index in [0.29, 0.717) is 0 Å². The van der Waals surface area contributed by atoms with Gasteiger partial charge < -0.3 is 0 Å². The van der Waals surface area contributed by atoms with Gasteiger partial charge in [0.05, 0.1) is 6.20 Å². The zero-order valence-corrected chi connectivity index (χ0v) is 5.67. The van der Waals surface area contributed by atoms with Gasteiger partial charge in [0.2, 0.25) is 0 Å². The quantitative estimate of drug-likeness (QED) is 0.522. The lowest BCUT2D eigenvalue weighted by molar-refractivity contribution is 0.967. The van der Waals surface area contributed by atoms with E-state index in [0.717, 1.165) is 12.8 Å². The van der Waals surface area contributed by atoms with Gasteiger partial charge >= 0.3 is 0 Å². The molecule has 0 unspecified atom stereocenters. The Morgan fingerprint density at radius 1 is 1.50 bits per heavy atom. The summed E-state index contributed by atoms with van der Waals surface area (Å²) in [6.45, 7) is 0. The summed E-state index contributed by atoms with van der Waals surface area (Å²) >= 11 is 0. The Hall–Kier alpha value is -1.11. The first-order chi connectivity index (χ1) is 4.97. The minimum atomic E-state index is 1.10. The molecule has 1 heterocycles. The van der Waals surface area contributed by atoms with Crippen molar-refractivity contribution in [3.63, 3.8) is 0 Å². The number of rotatable bonds is 0. The van der Waals surface area contributed by atoms with Crippen LogP contribution in [0.4, 0.5) is 0 Å². The normalized spacial score (nSPS) is 14.8. The molecule has 1 aromatic heterocycles. The van der Waals surface area contributed by atoms with Crippen LogP contribution in [0.5, 0.6) is 0 Å². The van der Waals surface area contributed by atoms with Crippen molar-refractivity contribution in [3.8, 4) is 0 Å². The van der Waals surface area contributed by atoms with Gasteiger partial charge in [-0.15, -0.1) is 0 Å². The molecule has 0 amide bonds. The summed E-state index contributed by atoms with van der Waals surface area (Å²) < 4.78 is 0. The van der Waals surface area contributed by atoms with Crippen LogP contribution in [0.15, 0.2) is 18.3 Å². The molecule has 0 fully saturated rings. The molecule has 0 saturated carbocycles. The molecule has 0 N–H and O–H groups in total. The predicted molar refractivity (Wildman–Crippen MR) is 40.4 cm³/mol. The Morgan fingerprint density at radius 3 is 3.40 bits per heavy atom. The van der Waals surface area contributed by atoms with E-state index in [1.807, 2.05) is 6.07 Å². The Balaban J connectivity index is 2.54. The van der Waals surface area contributed by atoms with Gasteiger partial charge in [-0.3, -0.25) is 4.98 Å². The van der Waals surface area contributed by atoms with Gasteiger partial charge in [-0.05, 0) is 30.0 Å². The highest BCUT2D eigenvalue weighted by Gasteiger charge is 2.01. The number of allylic oxidation sites excluding steroid dienone is 1. The first kappa shape index (κ1) is 5.66. The minimum Gasteiger partial charge on any atom is -0.254 e. The van der Waals surface area contributed by atoms with Gasteiger partial charge in [-0.25, -0.2) is 0 Å². The van der Waals surface area contributed by atoms with Gasteiger partial charge in [-0.2, -0.15) is 0 Å². The van der Waals surface area contributed by atoms with E-state index in [4.69, 9.17) is 0 Å². The number of pyridine rings is 1. The first-order valence-corrected chi connectivity index (χ1v) is 3.49. The Labute approximate surface area is 60.4 Å². The second kappa shape index (κ2) is 2.25. The maximum atomic E-state index is 3.94. The molecule has 1 aliphatic rings. The molecule has 10 heavy (non-hydrogen) atoms. The molecule has 0 bridgehead atoms. The molecule has 0 spiro atoms. The summed E-state index contributed by atoms with van der Waals surface area (Å²) in [6, 6.07) is 2.03. The van der Waals surface area contributed by atoms with Crippen molar-refractivity contribution < 1.29 is 0 Å². The second-order valence-electron chi connectivity index (χ2n) is 2.43. The third kappa shape index (κ3) is 0.838. The average molecular weight is 130 g/mol. The molecule has 1 nitrogen and oxygen atoms in total. The third-order valence-electron chi connectivity index (χ3n) is 1.74. The largest absolute Gasteiger partial charge is 0.254 e. The van der Waals surface area contributed by atoms with Gasteiger partial charge in [-0.1, -0.05) is 12.2 Å². The molecule has 0 aromatic carbocycles. The fourth-order valence-corrected chi connectivity index (χ4v) is 1.19. The van der Waals surface area contributed by atoms with E-state index in [9.17, 15) is 0 Å². The van der Waals surface area contributed by atoms with Crippen LogP contribution in [0.3, 0.4) is 0 Å². The van der Waals surface area contributed by atoms with Gasteiger partial charge in [0.15, 0.2) is 0 Å². The molecule has 49 valence electrons. The molecule has 1 aromatic rings.